The molecule has 0 radical (unpaired) electrons. The Balaban J connectivity index is 1.80. The minimum absolute atomic E-state index is 0.00183. The maximum absolute atomic E-state index is 12.9. The van der Waals surface area contributed by atoms with Gasteiger partial charge in [0, 0.05) is 6.07 Å². The Kier molecular flexibility index (Phi) is 2.88. The van der Waals surface area contributed by atoms with E-state index in [9.17, 15) is 16.8 Å². The second kappa shape index (κ2) is 4.87. The first-order chi connectivity index (χ1) is 12.4. The number of benzene rings is 3. The first-order valence-corrected chi connectivity index (χ1v) is 10.6. The highest BCUT2D eigenvalue weighted by Gasteiger charge is 2.38. The molecule has 5 rings (SSSR count). The smallest absolute Gasteiger partial charge is 0.214 e. The van der Waals surface area contributed by atoms with E-state index < -0.39 is 19.7 Å². The van der Waals surface area contributed by atoms with Gasteiger partial charge in [-0.15, -0.1) is 0 Å². The lowest BCUT2D eigenvalue weighted by atomic mass is 10.3. The van der Waals surface area contributed by atoms with Crippen molar-refractivity contribution >= 4 is 19.7 Å². The molecule has 2 heterocycles. The largest absolute Gasteiger partial charge is 0.454 e. The van der Waals surface area contributed by atoms with E-state index in [0.29, 0.717) is 0 Å². The molecule has 3 aromatic carbocycles. The highest BCUT2D eigenvalue weighted by molar-refractivity contribution is 7.92. The van der Waals surface area contributed by atoms with Gasteiger partial charge >= 0.3 is 0 Å². The zero-order valence-corrected chi connectivity index (χ0v) is 14.7. The van der Waals surface area contributed by atoms with Crippen LogP contribution >= 0.6 is 0 Å². The molecular formula is C18H10O6S2. The van der Waals surface area contributed by atoms with Crippen LogP contribution in [0.3, 0.4) is 0 Å². The van der Waals surface area contributed by atoms with Crippen LogP contribution in [-0.2, 0) is 19.7 Å². The van der Waals surface area contributed by atoms with Gasteiger partial charge in [-0.1, -0.05) is 24.3 Å². The summed E-state index contributed by atoms with van der Waals surface area (Å²) in [5, 5.41) is 0. The van der Waals surface area contributed by atoms with Gasteiger partial charge in [0.15, 0.2) is 0 Å². The van der Waals surface area contributed by atoms with Crippen LogP contribution < -0.4 is 9.47 Å². The lowest BCUT2D eigenvalue weighted by Gasteiger charge is -2.25. The van der Waals surface area contributed by atoms with E-state index in [2.05, 4.69) is 0 Å². The van der Waals surface area contributed by atoms with Gasteiger partial charge in [-0.25, -0.2) is 16.8 Å². The van der Waals surface area contributed by atoms with Crippen LogP contribution in [0.25, 0.3) is 0 Å². The Hall–Kier alpha value is -2.84. The summed E-state index contributed by atoms with van der Waals surface area (Å²) in [5.41, 5.74) is 0. The predicted octanol–water partition coefficient (Wildman–Crippen LogP) is 3.56. The molecule has 0 fully saturated rings. The standard InChI is InChI=1S/C18H10O6S2/c19-25(20)15-7-3-1-5-11(15)23-13-9-14-18(10-17(13)25)26(21,22)16-8-4-2-6-12(16)24-14/h1-10H. The maximum Gasteiger partial charge on any atom is 0.214 e. The van der Waals surface area contributed by atoms with Crippen molar-refractivity contribution in [3.05, 3.63) is 60.7 Å². The molecule has 0 aliphatic carbocycles. The molecule has 0 aromatic heterocycles. The van der Waals surface area contributed by atoms with Crippen molar-refractivity contribution in [1.82, 2.24) is 0 Å². The van der Waals surface area contributed by atoms with Gasteiger partial charge < -0.3 is 9.47 Å². The Morgan fingerprint density at radius 1 is 0.500 bits per heavy atom. The fraction of sp³-hybridized carbons (Fsp3) is 0. The fourth-order valence-corrected chi connectivity index (χ4v) is 6.18. The number of ether oxygens (including phenoxy) is 2. The Labute approximate surface area is 149 Å². The van der Waals surface area contributed by atoms with Crippen molar-refractivity contribution in [2.24, 2.45) is 0 Å². The summed E-state index contributed by atoms with van der Waals surface area (Å²) < 4.78 is 63.1. The van der Waals surface area contributed by atoms with Crippen LogP contribution in [0.1, 0.15) is 0 Å². The molecular weight excluding hydrogens is 376 g/mol. The molecule has 0 bridgehead atoms. The monoisotopic (exact) mass is 386 g/mol. The second-order valence-electron chi connectivity index (χ2n) is 5.85. The molecule has 0 N–H and O–H groups in total. The van der Waals surface area contributed by atoms with Crippen molar-refractivity contribution in [2.45, 2.75) is 19.6 Å². The summed E-state index contributed by atoms with van der Waals surface area (Å²) in [6.07, 6.45) is 0. The normalized spacial score (nSPS) is 17.5. The Morgan fingerprint density at radius 3 is 1.38 bits per heavy atom. The number of rotatable bonds is 0. The van der Waals surface area contributed by atoms with Crippen LogP contribution in [0.5, 0.6) is 23.0 Å². The molecule has 0 spiro atoms. The van der Waals surface area contributed by atoms with Gasteiger partial charge in [0.1, 0.15) is 42.6 Å². The number of para-hydroxylation sites is 2. The summed E-state index contributed by atoms with van der Waals surface area (Å²) in [7, 11) is -7.81. The Morgan fingerprint density at radius 2 is 0.923 bits per heavy atom. The van der Waals surface area contributed by atoms with Gasteiger partial charge in [0.2, 0.25) is 19.7 Å². The van der Waals surface area contributed by atoms with Crippen molar-refractivity contribution in [3.8, 4) is 23.0 Å². The lowest BCUT2D eigenvalue weighted by Crippen LogP contribution is -2.15. The average molecular weight is 386 g/mol. The van der Waals surface area contributed by atoms with E-state index >= 15 is 0 Å². The van der Waals surface area contributed by atoms with E-state index in [1.165, 1.54) is 18.2 Å². The molecule has 0 unspecified atom stereocenters. The molecule has 0 saturated carbocycles. The number of sulfone groups is 2. The molecule has 0 saturated heterocycles. The van der Waals surface area contributed by atoms with E-state index in [1.807, 2.05) is 0 Å². The van der Waals surface area contributed by atoms with Crippen LogP contribution in [0.4, 0.5) is 0 Å². The SMILES string of the molecule is O=S1(=O)c2ccccc2Oc2cc3c(cc21)S(=O)(=O)c1ccccc1O3. The number of hydrogen-bond donors (Lipinski definition) is 0. The molecule has 2 aliphatic rings. The average Bonchev–Trinajstić information content (AvgIpc) is 2.61. The van der Waals surface area contributed by atoms with Gasteiger partial charge in [-0.3, -0.25) is 0 Å². The van der Waals surface area contributed by atoms with Gasteiger partial charge in [0.05, 0.1) is 0 Å². The summed E-state index contributed by atoms with van der Waals surface area (Å²) in [6, 6.07) is 14.8. The third kappa shape index (κ3) is 1.91. The highest BCUT2D eigenvalue weighted by atomic mass is 32.2. The van der Waals surface area contributed by atoms with E-state index in [1.54, 1.807) is 36.4 Å². The molecule has 2 aliphatic heterocycles. The van der Waals surface area contributed by atoms with Crippen molar-refractivity contribution in [2.75, 3.05) is 0 Å². The van der Waals surface area contributed by atoms with Crippen molar-refractivity contribution in [1.29, 1.82) is 0 Å². The van der Waals surface area contributed by atoms with Crippen LogP contribution in [-0.4, -0.2) is 16.8 Å². The molecule has 130 valence electrons. The molecule has 3 aromatic rings. The summed E-state index contributed by atoms with van der Waals surface area (Å²) in [5.74, 6) is 0.465. The minimum atomic E-state index is -3.91. The molecule has 6 nitrogen and oxygen atoms in total. The van der Waals surface area contributed by atoms with Gasteiger partial charge in [0.25, 0.3) is 0 Å². The Bertz CT molecular complexity index is 1210. The first kappa shape index (κ1) is 15.4. The predicted molar refractivity (Wildman–Crippen MR) is 90.4 cm³/mol. The van der Waals surface area contributed by atoms with Crippen molar-refractivity contribution < 1.29 is 26.3 Å². The quantitative estimate of drug-likeness (QED) is 0.404. The van der Waals surface area contributed by atoms with E-state index in [0.717, 1.165) is 6.07 Å². The zero-order chi connectivity index (χ0) is 18.1. The number of hydrogen-bond acceptors (Lipinski definition) is 6. The molecule has 26 heavy (non-hydrogen) atoms. The van der Waals surface area contributed by atoms with Crippen LogP contribution in [0.15, 0.2) is 80.2 Å². The van der Waals surface area contributed by atoms with Crippen molar-refractivity contribution in [3.63, 3.8) is 0 Å². The van der Waals surface area contributed by atoms with E-state index in [4.69, 9.17) is 9.47 Å². The summed E-state index contributed by atoms with van der Waals surface area (Å²) in [4.78, 5) is -0.382. The molecule has 0 amide bonds. The second-order valence-corrected chi connectivity index (χ2v) is 9.62. The topological polar surface area (TPSA) is 86.7 Å². The summed E-state index contributed by atoms with van der Waals surface area (Å²) in [6.45, 7) is 0. The lowest BCUT2D eigenvalue weighted by molar-refractivity contribution is 0.417. The molecule has 8 heteroatoms. The molecule has 0 atom stereocenters. The highest BCUT2D eigenvalue weighted by Crippen LogP contribution is 2.50. The third-order valence-electron chi connectivity index (χ3n) is 4.31. The number of fused-ring (bicyclic) bond motifs is 4. The fourth-order valence-electron chi connectivity index (χ4n) is 3.09. The van der Waals surface area contributed by atoms with Crippen LogP contribution in [0.2, 0.25) is 0 Å². The zero-order valence-electron chi connectivity index (χ0n) is 13.0. The van der Waals surface area contributed by atoms with Gasteiger partial charge in [-0.05, 0) is 30.3 Å². The third-order valence-corrected chi connectivity index (χ3v) is 7.94. The van der Waals surface area contributed by atoms with E-state index in [-0.39, 0.29) is 42.6 Å². The van der Waals surface area contributed by atoms with Crippen LogP contribution in [0, 0.1) is 0 Å². The first-order valence-electron chi connectivity index (χ1n) is 7.61. The summed E-state index contributed by atoms with van der Waals surface area (Å²) >= 11 is 0. The van der Waals surface area contributed by atoms with Gasteiger partial charge in [-0.2, -0.15) is 0 Å². The minimum Gasteiger partial charge on any atom is -0.454 e. The maximum atomic E-state index is 12.9.